The summed E-state index contributed by atoms with van der Waals surface area (Å²) in [7, 11) is 0. The van der Waals surface area contributed by atoms with Gasteiger partial charge in [0.2, 0.25) is 5.89 Å². The molecule has 0 saturated heterocycles. The molecule has 1 aromatic heterocycles. The van der Waals surface area contributed by atoms with Crippen molar-refractivity contribution in [2.45, 2.75) is 19.4 Å². The summed E-state index contributed by atoms with van der Waals surface area (Å²) < 4.78 is 11.2. The SMILES string of the molecule is Cc1cccc(-c2nnc(COC(=O)C(c3ccccc3)c3ccccc3)o2)c1. The first-order valence-corrected chi connectivity index (χ1v) is 9.36. The maximum absolute atomic E-state index is 12.9. The number of ether oxygens (including phenoxy) is 1. The largest absolute Gasteiger partial charge is 0.455 e. The van der Waals surface area contributed by atoms with Crippen LogP contribution in [0.5, 0.6) is 0 Å². The number of nitrogens with zero attached hydrogens (tertiary/aromatic N) is 2. The lowest BCUT2D eigenvalue weighted by atomic mass is 9.91. The molecule has 0 aliphatic carbocycles. The van der Waals surface area contributed by atoms with Crippen molar-refractivity contribution in [3.63, 3.8) is 0 Å². The molecule has 0 amide bonds. The molecule has 0 fully saturated rings. The fourth-order valence-electron chi connectivity index (χ4n) is 3.18. The highest BCUT2D eigenvalue weighted by atomic mass is 16.5. The molecular weight excluding hydrogens is 364 g/mol. The van der Waals surface area contributed by atoms with E-state index >= 15 is 0 Å². The molecule has 0 atom stereocenters. The van der Waals surface area contributed by atoms with Crippen LogP contribution >= 0.6 is 0 Å². The van der Waals surface area contributed by atoms with Crippen molar-refractivity contribution in [1.29, 1.82) is 0 Å². The Kier molecular flexibility index (Phi) is 5.47. The topological polar surface area (TPSA) is 65.2 Å². The second-order valence-corrected chi connectivity index (χ2v) is 6.73. The quantitative estimate of drug-likeness (QED) is 0.442. The van der Waals surface area contributed by atoms with Crippen LogP contribution in [0.3, 0.4) is 0 Å². The van der Waals surface area contributed by atoms with Gasteiger partial charge >= 0.3 is 5.97 Å². The molecule has 4 rings (SSSR count). The summed E-state index contributed by atoms with van der Waals surface area (Å²) in [6.45, 7) is 1.92. The summed E-state index contributed by atoms with van der Waals surface area (Å²) in [5.41, 5.74) is 3.67. The molecule has 0 N–H and O–H groups in total. The molecule has 0 spiro atoms. The average Bonchev–Trinajstić information content (AvgIpc) is 3.23. The number of esters is 1. The number of carbonyl (C=O) groups is 1. The first-order chi connectivity index (χ1) is 14.2. The fourth-order valence-corrected chi connectivity index (χ4v) is 3.18. The highest BCUT2D eigenvalue weighted by Gasteiger charge is 2.24. The van der Waals surface area contributed by atoms with E-state index < -0.39 is 5.92 Å². The van der Waals surface area contributed by atoms with Gasteiger partial charge in [-0.2, -0.15) is 0 Å². The third kappa shape index (κ3) is 4.41. The van der Waals surface area contributed by atoms with Gasteiger partial charge in [-0.25, -0.2) is 0 Å². The Morgan fingerprint density at radius 3 is 2.17 bits per heavy atom. The lowest BCUT2D eigenvalue weighted by molar-refractivity contribution is -0.146. The summed E-state index contributed by atoms with van der Waals surface area (Å²) in [6.07, 6.45) is 0. The number of hydrogen-bond donors (Lipinski definition) is 0. The van der Waals surface area contributed by atoms with E-state index in [1.165, 1.54) is 0 Å². The number of aryl methyl sites for hydroxylation is 1. The van der Waals surface area contributed by atoms with Gasteiger partial charge in [0.25, 0.3) is 5.89 Å². The van der Waals surface area contributed by atoms with Gasteiger partial charge in [-0.05, 0) is 30.2 Å². The Balaban J connectivity index is 1.50. The normalized spacial score (nSPS) is 10.8. The molecule has 4 aromatic rings. The first-order valence-electron chi connectivity index (χ1n) is 9.36. The highest BCUT2D eigenvalue weighted by molar-refractivity contribution is 5.82. The number of benzene rings is 3. The van der Waals surface area contributed by atoms with E-state index in [2.05, 4.69) is 10.2 Å². The molecule has 0 unspecified atom stereocenters. The molecular formula is C24H20N2O3. The van der Waals surface area contributed by atoms with Crippen LogP contribution in [0.15, 0.2) is 89.3 Å². The van der Waals surface area contributed by atoms with Crippen molar-refractivity contribution in [2.75, 3.05) is 0 Å². The Labute approximate surface area is 169 Å². The molecule has 29 heavy (non-hydrogen) atoms. The van der Waals surface area contributed by atoms with Crippen molar-refractivity contribution in [3.05, 3.63) is 108 Å². The van der Waals surface area contributed by atoms with Gasteiger partial charge in [-0.1, -0.05) is 78.4 Å². The maximum atomic E-state index is 12.9. The Morgan fingerprint density at radius 2 is 1.55 bits per heavy atom. The van der Waals surface area contributed by atoms with Crippen LogP contribution in [-0.4, -0.2) is 16.2 Å². The van der Waals surface area contributed by atoms with Crippen molar-refractivity contribution in [3.8, 4) is 11.5 Å². The molecule has 5 nitrogen and oxygen atoms in total. The molecule has 0 bridgehead atoms. The van der Waals surface area contributed by atoms with E-state index in [4.69, 9.17) is 9.15 Å². The van der Waals surface area contributed by atoms with Gasteiger partial charge in [0, 0.05) is 5.56 Å². The molecule has 144 valence electrons. The van der Waals surface area contributed by atoms with Crippen LogP contribution < -0.4 is 0 Å². The third-order valence-electron chi connectivity index (χ3n) is 4.57. The van der Waals surface area contributed by atoms with Crippen LogP contribution in [0.4, 0.5) is 0 Å². The Hall–Kier alpha value is -3.73. The fraction of sp³-hybridized carbons (Fsp3) is 0.125. The average molecular weight is 384 g/mol. The van der Waals surface area contributed by atoms with Gasteiger partial charge in [0.15, 0.2) is 6.61 Å². The van der Waals surface area contributed by atoms with E-state index in [0.29, 0.717) is 5.89 Å². The maximum Gasteiger partial charge on any atom is 0.318 e. The number of aromatic nitrogens is 2. The minimum atomic E-state index is -0.517. The molecule has 3 aromatic carbocycles. The monoisotopic (exact) mass is 384 g/mol. The van der Waals surface area contributed by atoms with Crippen LogP contribution in [-0.2, 0) is 16.1 Å². The second-order valence-electron chi connectivity index (χ2n) is 6.73. The highest BCUT2D eigenvalue weighted by Crippen LogP contribution is 2.26. The molecule has 0 radical (unpaired) electrons. The zero-order valence-corrected chi connectivity index (χ0v) is 16.0. The predicted octanol–water partition coefficient (Wildman–Crippen LogP) is 4.92. The van der Waals surface area contributed by atoms with E-state index in [1.807, 2.05) is 91.9 Å². The van der Waals surface area contributed by atoms with Crippen LogP contribution in [0.25, 0.3) is 11.5 Å². The molecule has 0 aliphatic rings. The zero-order chi connectivity index (χ0) is 20.1. The van der Waals surface area contributed by atoms with E-state index in [9.17, 15) is 4.79 Å². The first kappa shape index (κ1) is 18.6. The number of carbonyl (C=O) groups excluding carboxylic acids is 1. The Morgan fingerprint density at radius 1 is 0.897 bits per heavy atom. The zero-order valence-electron chi connectivity index (χ0n) is 16.0. The van der Waals surface area contributed by atoms with Gasteiger partial charge in [0.05, 0.1) is 0 Å². The van der Waals surface area contributed by atoms with Gasteiger partial charge < -0.3 is 9.15 Å². The van der Waals surface area contributed by atoms with E-state index in [1.54, 1.807) is 0 Å². The van der Waals surface area contributed by atoms with Crippen LogP contribution in [0.1, 0.15) is 28.5 Å². The summed E-state index contributed by atoms with van der Waals surface area (Å²) in [5.74, 6) is -0.216. The van der Waals surface area contributed by atoms with Crippen molar-refractivity contribution in [2.24, 2.45) is 0 Å². The summed E-state index contributed by atoms with van der Waals surface area (Å²) >= 11 is 0. The lowest BCUT2D eigenvalue weighted by Gasteiger charge is -2.16. The molecule has 1 heterocycles. The standard InChI is InChI=1S/C24H20N2O3/c1-17-9-8-14-20(15-17)23-26-25-21(29-23)16-28-24(27)22(18-10-4-2-5-11-18)19-12-6-3-7-13-19/h2-15,22H,16H2,1H3. The minimum Gasteiger partial charge on any atom is -0.455 e. The summed E-state index contributed by atoms with van der Waals surface area (Å²) in [6, 6.07) is 26.9. The minimum absolute atomic E-state index is 0.0756. The summed E-state index contributed by atoms with van der Waals surface area (Å²) in [4.78, 5) is 12.9. The lowest BCUT2D eigenvalue weighted by Crippen LogP contribution is -2.17. The van der Waals surface area contributed by atoms with Gasteiger partial charge in [-0.3, -0.25) is 4.79 Å². The molecule has 0 saturated carbocycles. The van der Waals surface area contributed by atoms with Gasteiger partial charge in [0.1, 0.15) is 5.92 Å². The smallest absolute Gasteiger partial charge is 0.318 e. The summed E-state index contributed by atoms with van der Waals surface area (Å²) in [5, 5.41) is 8.06. The number of hydrogen-bond acceptors (Lipinski definition) is 5. The number of rotatable bonds is 6. The molecule has 0 aliphatic heterocycles. The van der Waals surface area contributed by atoms with Crippen LogP contribution in [0, 0.1) is 6.92 Å². The third-order valence-corrected chi connectivity index (χ3v) is 4.57. The van der Waals surface area contributed by atoms with Crippen LogP contribution in [0.2, 0.25) is 0 Å². The van der Waals surface area contributed by atoms with Crippen molar-refractivity contribution >= 4 is 5.97 Å². The molecule has 5 heteroatoms. The van der Waals surface area contributed by atoms with E-state index in [-0.39, 0.29) is 18.5 Å². The Bertz CT molecular complexity index is 1050. The second kappa shape index (κ2) is 8.52. The predicted molar refractivity (Wildman–Crippen MR) is 109 cm³/mol. The van der Waals surface area contributed by atoms with Crippen molar-refractivity contribution < 1.29 is 13.9 Å². The van der Waals surface area contributed by atoms with E-state index in [0.717, 1.165) is 22.3 Å². The van der Waals surface area contributed by atoms with Gasteiger partial charge in [-0.15, -0.1) is 10.2 Å². The van der Waals surface area contributed by atoms with Crippen molar-refractivity contribution in [1.82, 2.24) is 10.2 Å².